The first-order valence-corrected chi connectivity index (χ1v) is 9.75. The molecule has 1 atom stereocenters. The maximum Gasteiger partial charge on any atom is 0.229 e. The lowest BCUT2D eigenvalue weighted by Crippen LogP contribution is -2.09. The summed E-state index contributed by atoms with van der Waals surface area (Å²) in [5.74, 6) is 1.65. The lowest BCUT2D eigenvalue weighted by Gasteiger charge is -2.10. The average molecular weight is 429 g/mol. The Hall–Kier alpha value is -1.42. The van der Waals surface area contributed by atoms with Crippen molar-refractivity contribution >= 4 is 49.8 Å². The van der Waals surface area contributed by atoms with E-state index in [2.05, 4.69) is 43.2 Å². The molecule has 1 unspecified atom stereocenters. The van der Waals surface area contributed by atoms with Crippen LogP contribution in [0, 0.1) is 8.35 Å². The molecule has 0 amide bonds. The first-order chi connectivity index (χ1) is 10.5. The normalized spacial score (nSPS) is 21.5. The van der Waals surface area contributed by atoms with Gasteiger partial charge < -0.3 is 10.6 Å². The van der Waals surface area contributed by atoms with Gasteiger partial charge in [-0.2, -0.15) is 4.98 Å². The molecule has 1 aliphatic rings. The third kappa shape index (κ3) is 3.49. The van der Waals surface area contributed by atoms with Crippen molar-refractivity contribution in [2.45, 2.75) is 17.7 Å². The van der Waals surface area contributed by atoms with Gasteiger partial charge in [0.2, 0.25) is 5.95 Å². The van der Waals surface area contributed by atoms with Crippen molar-refractivity contribution in [2.75, 3.05) is 22.9 Å². The van der Waals surface area contributed by atoms with E-state index in [-0.39, 0.29) is 0 Å². The van der Waals surface area contributed by atoms with E-state index in [4.69, 9.17) is 4.78 Å². The molecule has 2 aromatic rings. The van der Waals surface area contributed by atoms with Crippen molar-refractivity contribution in [1.82, 2.24) is 9.97 Å². The second-order valence-corrected chi connectivity index (χ2v) is 8.45. The van der Waals surface area contributed by atoms with E-state index in [1.54, 1.807) is 24.4 Å². The van der Waals surface area contributed by atoms with E-state index in [1.165, 1.54) is 0 Å². The summed E-state index contributed by atoms with van der Waals surface area (Å²) in [4.78, 5) is 9.28. The number of fused-ring (bicyclic) bond motifs is 4. The Kier molecular flexibility index (Phi) is 4.48. The van der Waals surface area contributed by atoms with Crippen LogP contribution in [0.15, 0.2) is 35.4 Å². The van der Waals surface area contributed by atoms with Gasteiger partial charge in [-0.15, -0.1) is 0 Å². The molecule has 3 rings (SSSR count). The first kappa shape index (κ1) is 15.5. The lowest BCUT2D eigenvalue weighted by molar-refractivity contribution is 0.670. The molecular formula is C14H16IN5OS. The Morgan fingerprint density at radius 1 is 1.32 bits per heavy atom. The van der Waals surface area contributed by atoms with Gasteiger partial charge in [0.25, 0.3) is 0 Å². The largest absolute Gasteiger partial charge is 0.369 e. The fraction of sp³-hybridized carbons (Fsp3) is 0.286. The van der Waals surface area contributed by atoms with E-state index in [9.17, 15) is 4.21 Å². The van der Waals surface area contributed by atoms with Crippen molar-refractivity contribution in [2.24, 2.45) is 0 Å². The maximum absolute atomic E-state index is 12.6. The van der Waals surface area contributed by atoms with Crippen LogP contribution in [0.25, 0.3) is 0 Å². The number of hydrogen-bond donors (Lipinski definition) is 3. The fourth-order valence-corrected chi connectivity index (χ4v) is 4.13. The second kappa shape index (κ2) is 6.37. The van der Waals surface area contributed by atoms with Gasteiger partial charge in [0.05, 0.1) is 13.3 Å². The fourth-order valence-electron chi connectivity index (χ4n) is 2.21. The molecule has 0 saturated carbocycles. The Morgan fingerprint density at radius 2 is 2.18 bits per heavy atom. The molecular weight excluding hydrogens is 413 g/mol. The van der Waals surface area contributed by atoms with Crippen molar-refractivity contribution in [1.29, 1.82) is 4.78 Å². The van der Waals surface area contributed by atoms with Gasteiger partial charge in [-0.3, -0.25) is 0 Å². The molecule has 1 aromatic carbocycles. The highest BCUT2D eigenvalue weighted by Crippen LogP contribution is 2.23. The first-order valence-electron chi connectivity index (χ1n) is 6.95. The lowest BCUT2D eigenvalue weighted by atomic mass is 10.3. The van der Waals surface area contributed by atoms with Crippen LogP contribution in [0.5, 0.6) is 0 Å². The molecule has 0 aliphatic carbocycles. The molecule has 3 N–H and O–H groups in total. The molecule has 2 heterocycles. The molecule has 0 fully saturated rings. The van der Waals surface area contributed by atoms with Crippen LogP contribution in [-0.2, 0) is 9.73 Å². The standard InChI is InChI=1S/C14H16IN5OS/c15-12-9-18-14-19-10-4-3-5-11(8-10)22(16,21)7-2-1-6-17-13(12)20-14/h3-5,8-9,16H,1-2,6-7H2,(H2,17,18,19,20). The van der Waals surface area contributed by atoms with Crippen molar-refractivity contribution < 1.29 is 4.21 Å². The zero-order valence-electron chi connectivity index (χ0n) is 11.8. The highest BCUT2D eigenvalue weighted by atomic mass is 127. The minimum atomic E-state index is -2.75. The molecule has 0 radical (unpaired) electrons. The summed E-state index contributed by atoms with van der Waals surface area (Å²) in [5.41, 5.74) is 0.740. The summed E-state index contributed by atoms with van der Waals surface area (Å²) in [5, 5.41) is 6.39. The molecule has 8 heteroatoms. The number of hydrogen-bond acceptors (Lipinski definition) is 6. The van der Waals surface area contributed by atoms with E-state index < -0.39 is 9.73 Å². The maximum atomic E-state index is 12.6. The topological polar surface area (TPSA) is 90.8 Å². The number of nitrogens with one attached hydrogen (secondary N) is 3. The molecule has 6 nitrogen and oxygen atoms in total. The molecule has 0 spiro atoms. The Bertz CT molecular complexity index is 794. The van der Waals surface area contributed by atoms with E-state index >= 15 is 0 Å². The van der Waals surface area contributed by atoms with Gasteiger partial charge in [-0.05, 0) is 53.6 Å². The Labute approximate surface area is 143 Å². The van der Waals surface area contributed by atoms with Gasteiger partial charge in [-0.1, -0.05) is 6.07 Å². The highest BCUT2D eigenvalue weighted by Gasteiger charge is 2.12. The zero-order valence-corrected chi connectivity index (χ0v) is 14.8. The van der Waals surface area contributed by atoms with Crippen LogP contribution in [0.1, 0.15) is 12.8 Å². The van der Waals surface area contributed by atoms with Crippen LogP contribution < -0.4 is 10.6 Å². The summed E-state index contributed by atoms with van der Waals surface area (Å²) >= 11 is 2.19. The van der Waals surface area contributed by atoms with Crippen LogP contribution >= 0.6 is 22.6 Å². The van der Waals surface area contributed by atoms with Gasteiger partial charge in [0.15, 0.2) is 0 Å². The van der Waals surface area contributed by atoms with Crippen molar-refractivity contribution in [3.05, 3.63) is 34.0 Å². The van der Waals surface area contributed by atoms with Crippen molar-refractivity contribution in [3.8, 4) is 0 Å². The van der Waals surface area contributed by atoms with Gasteiger partial charge in [0, 0.05) is 29.1 Å². The van der Waals surface area contributed by atoms with E-state index in [0.717, 1.165) is 34.5 Å². The number of halogens is 1. The van der Waals surface area contributed by atoms with Crippen molar-refractivity contribution in [3.63, 3.8) is 0 Å². The predicted octanol–water partition coefficient (Wildman–Crippen LogP) is 3.44. The van der Waals surface area contributed by atoms with Gasteiger partial charge >= 0.3 is 0 Å². The van der Waals surface area contributed by atoms with Crippen LogP contribution in [0.4, 0.5) is 17.5 Å². The minimum absolute atomic E-state index is 0.373. The third-order valence-electron chi connectivity index (χ3n) is 3.37. The number of aromatic nitrogens is 2. The highest BCUT2D eigenvalue weighted by molar-refractivity contribution is 14.1. The summed E-state index contributed by atoms with van der Waals surface area (Å²) < 4.78 is 21.6. The van der Waals surface area contributed by atoms with E-state index in [1.807, 2.05) is 6.07 Å². The zero-order chi connectivity index (χ0) is 15.6. The SMILES string of the molecule is N=S1(=O)CCCCNc2nc(ncc2I)Nc2cccc1c2. The Morgan fingerprint density at radius 3 is 3.05 bits per heavy atom. The summed E-state index contributed by atoms with van der Waals surface area (Å²) in [7, 11) is -2.75. The number of benzene rings is 1. The number of rotatable bonds is 0. The Balaban J connectivity index is 2.02. The van der Waals surface area contributed by atoms with Gasteiger partial charge in [0.1, 0.15) is 5.82 Å². The minimum Gasteiger partial charge on any atom is -0.369 e. The predicted molar refractivity (Wildman–Crippen MR) is 96.2 cm³/mol. The number of nitrogens with zero attached hydrogens (tertiary/aromatic N) is 2. The van der Waals surface area contributed by atoms with Gasteiger partial charge in [-0.25, -0.2) is 14.0 Å². The monoisotopic (exact) mass is 429 g/mol. The quantitative estimate of drug-likeness (QED) is 0.559. The summed E-state index contributed by atoms with van der Waals surface area (Å²) in [6.45, 7) is 0.736. The summed E-state index contributed by atoms with van der Waals surface area (Å²) in [6.07, 6.45) is 3.34. The smallest absolute Gasteiger partial charge is 0.229 e. The average Bonchev–Trinajstić information content (AvgIpc) is 2.50. The summed E-state index contributed by atoms with van der Waals surface area (Å²) in [6, 6.07) is 7.16. The molecule has 1 aliphatic heterocycles. The third-order valence-corrected chi connectivity index (χ3v) is 6.03. The molecule has 116 valence electrons. The molecule has 0 saturated heterocycles. The number of anilines is 3. The molecule has 22 heavy (non-hydrogen) atoms. The van der Waals surface area contributed by atoms with Crippen LogP contribution in [-0.4, -0.2) is 26.5 Å². The second-order valence-electron chi connectivity index (χ2n) is 5.06. The van der Waals surface area contributed by atoms with Crippen LogP contribution in [0.2, 0.25) is 0 Å². The molecule has 4 bridgehead atoms. The van der Waals surface area contributed by atoms with Crippen LogP contribution in [0.3, 0.4) is 0 Å². The van der Waals surface area contributed by atoms with E-state index in [0.29, 0.717) is 16.6 Å². The molecule has 1 aromatic heterocycles.